The van der Waals surface area contributed by atoms with E-state index in [1.54, 1.807) is 18.2 Å². The fourth-order valence-corrected chi connectivity index (χ4v) is 0.711. The van der Waals surface area contributed by atoms with Gasteiger partial charge in [0.25, 0.3) is 6.08 Å². The number of aromatic nitrogens is 1. The molecule has 1 radical (unpaired) electrons. The average Bonchev–Trinajstić information content (AvgIpc) is 2.05. The highest BCUT2D eigenvalue weighted by atomic mass is 19.3. The molecule has 0 aliphatic carbocycles. The van der Waals surface area contributed by atoms with Crippen LogP contribution in [0.25, 0.3) is 5.57 Å². The molecule has 12 heavy (non-hydrogen) atoms. The SMILES string of the molecule is C=C(C=C(F)F)c1ccc[c]n1. The van der Waals surface area contributed by atoms with Crippen molar-refractivity contribution in [3.8, 4) is 0 Å². The number of hydrogen-bond acceptors (Lipinski definition) is 1. The van der Waals surface area contributed by atoms with Crippen molar-refractivity contribution in [3.05, 3.63) is 48.8 Å². The maximum Gasteiger partial charge on any atom is 0.270 e. The number of hydrogen-bond donors (Lipinski definition) is 0. The number of nitrogens with zero attached hydrogens (tertiary/aromatic N) is 1. The summed E-state index contributed by atoms with van der Waals surface area (Å²) in [7, 11) is 0. The molecule has 1 heterocycles. The molecule has 0 aliphatic rings. The largest absolute Gasteiger partial charge is 0.270 e. The molecule has 0 amide bonds. The van der Waals surface area contributed by atoms with Gasteiger partial charge in [0.2, 0.25) is 0 Å². The van der Waals surface area contributed by atoms with Crippen LogP contribution >= 0.6 is 0 Å². The van der Waals surface area contributed by atoms with Crippen LogP contribution in [0.2, 0.25) is 0 Å². The van der Waals surface area contributed by atoms with E-state index in [-0.39, 0.29) is 5.57 Å². The second kappa shape index (κ2) is 3.76. The van der Waals surface area contributed by atoms with Gasteiger partial charge in [0.15, 0.2) is 0 Å². The first-order chi connectivity index (χ1) is 5.70. The van der Waals surface area contributed by atoms with E-state index in [4.69, 9.17) is 0 Å². The van der Waals surface area contributed by atoms with Crippen LogP contribution in [0.1, 0.15) is 5.69 Å². The summed E-state index contributed by atoms with van der Waals surface area (Å²) < 4.78 is 23.5. The van der Waals surface area contributed by atoms with Crippen LogP contribution in [0.3, 0.4) is 0 Å². The molecule has 1 aromatic heterocycles. The molecule has 0 atom stereocenters. The Balaban J connectivity index is 2.87. The van der Waals surface area contributed by atoms with Gasteiger partial charge in [-0.1, -0.05) is 12.6 Å². The Bertz CT molecular complexity index is 300. The molecule has 0 spiro atoms. The molecule has 61 valence electrons. The summed E-state index contributed by atoms with van der Waals surface area (Å²) in [5.74, 6) is 0. The van der Waals surface area contributed by atoms with E-state index in [1.807, 2.05) is 0 Å². The molecule has 1 aromatic rings. The lowest BCUT2D eigenvalue weighted by atomic mass is 10.2. The van der Waals surface area contributed by atoms with Crippen LogP contribution in [0.5, 0.6) is 0 Å². The van der Waals surface area contributed by atoms with Gasteiger partial charge in [-0.2, -0.15) is 8.78 Å². The van der Waals surface area contributed by atoms with Crippen molar-refractivity contribution in [2.24, 2.45) is 0 Å². The highest BCUT2D eigenvalue weighted by molar-refractivity contribution is 5.69. The molecule has 0 bridgehead atoms. The van der Waals surface area contributed by atoms with Gasteiger partial charge in [-0.05, 0) is 17.7 Å². The predicted molar refractivity (Wildman–Crippen MR) is 42.4 cm³/mol. The third-order valence-corrected chi connectivity index (χ3v) is 1.22. The van der Waals surface area contributed by atoms with E-state index in [0.29, 0.717) is 11.8 Å². The Morgan fingerprint density at radius 2 is 2.33 bits per heavy atom. The fraction of sp³-hybridized carbons (Fsp3) is 0. The van der Waals surface area contributed by atoms with Crippen LogP contribution in [0.15, 0.2) is 36.9 Å². The van der Waals surface area contributed by atoms with Gasteiger partial charge in [-0.15, -0.1) is 0 Å². The van der Waals surface area contributed by atoms with Crippen molar-refractivity contribution < 1.29 is 8.78 Å². The van der Waals surface area contributed by atoms with Crippen LogP contribution in [-0.4, -0.2) is 4.98 Å². The molecule has 1 rings (SSSR count). The van der Waals surface area contributed by atoms with Crippen molar-refractivity contribution in [1.82, 2.24) is 4.98 Å². The minimum atomic E-state index is -1.77. The van der Waals surface area contributed by atoms with E-state index >= 15 is 0 Å². The Labute approximate surface area is 69.1 Å². The number of halogens is 2. The highest BCUT2D eigenvalue weighted by Crippen LogP contribution is 2.13. The van der Waals surface area contributed by atoms with Gasteiger partial charge in [0.1, 0.15) is 0 Å². The Morgan fingerprint density at radius 3 is 2.83 bits per heavy atom. The lowest BCUT2D eigenvalue weighted by Gasteiger charge is -1.95. The van der Waals surface area contributed by atoms with Gasteiger partial charge < -0.3 is 0 Å². The van der Waals surface area contributed by atoms with Crippen molar-refractivity contribution in [3.63, 3.8) is 0 Å². The zero-order chi connectivity index (χ0) is 8.97. The second-order valence-electron chi connectivity index (χ2n) is 2.11. The summed E-state index contributed by atoms with van der Waals surface area (Å²) in [4.78, 5) is 3.73. The standard InChI is InChI=1S/C9H6F2N/c1-7(6-9(10)11)8-4-2-3-5-12-8/h2-4,6H,1H2. The number of pyridine rings is 1. The van der Waals surface area contributed by atoms with Gasteiger partial charge in [0.05, 0.1) is 11.9 Å². The number of rotatable bonds is 2. The van der Waals surface area contributed by atoms with E-state index in [2.05, 4.69) is 17.8 Å². The third-order valence-electron chi connectivity index (χ3n) is 1.22. The molecule has 3 heteroatoms. The Morgan fingerprint density at radius 1 is 1.58 bits per heavy atom. The third kappa shape index (κ3) is 2.27. The molecule has 0 aromatic carbocycles. The van der Waals surface area contributed by atoms with Gasteiger partial charge in [-0.25, -0.2) is 4.98 Å². The first-order valence-electron chi connectivity index (χ1n) is 3.25. The number of allylic oxidation sites excluding steroid dienone is 2. The summed E-state index contributed by atoms with van der Waals surface area (Å²) in [5.41, 5.74) is 0.595. The summed E-state index contributed by atoms with van der Waals surface area (Å²) in [6.45, 7) is 3.43. The minimum absolute atomic E-state index is 0.187. The molecule has 0 saturated carbocycles. The lowest BCUT2D eigenvalue weighted by Crippen LogP contribution is -1.83. The fourth-order valence-electron chi connectivity index (χ4n) is 0.711. The van der Waals surface area contributed by atoms with Gasteiger partial charge in [0, 0.05) is 6.08 Å². The van der Waals surface area contributed by atoms with Gasteiger partial charge in [-0.3, -0.25) is 0 Å². The molecule has 0 saturated heterocycles. The maximum absolute atomic E-state index is 11.7. The smallest absolute Gasteiger partial charge is 0.246 e. The monoisotopic (exact) mass is 166 g/mol. The Kier molecular flexibility index (Phi) is 2.69. The molecule has 0 aliphatic heterocycles. The van der Waals surface area contributed by atoms with E-state index in [1.165, 1.54) is 0 Å². The van der Waals surface area contributed by atoms with Crippen molar-refractivity contribution >= 4 is 5.57 Å². The van der Waals surface area contributed by atoms with Crippen LogP contribution < -0.4 is 0 Å². The topological polar surface area (TPSA) is 12.9 Å². The van der Waals surface area contributed by atoms with Crippen molar-refractivity contribution in [1.29, 1.82) is 0 Å². The molecular weight excluding hydrogens is 160 g/mol. The molecule has 0 fully saturated rings. The lowest BCUT2D eigenvalue weighted by molar-refractivity contribution is 0.422. The average molecular weight is 166 g/mol. The molecule has 0 N–H and O–H groups in total. The van der Waals surface area contributed by atoms with E-state index < -0.39 is 6.08 Å². The minimum Gasteiger partial charge on any atom is -0.246 e. The first-order valence-corrected chi connectivity index (χ1v) is 3.25. The zero-order valence-corrected chi connectivity index (χ0v) is 6.22. The zero-order valence-electron chi connectivity index (χ0n) is 6.22. The van der Waals surface area contributed by atoms with Crippen LogP contribution in [0.4, 0.5) is 8.78 Å². The summed E-state index contributed by atoms with van der Waals surface area (Å²) in [5, 5.41) is 0. The molecule has 0 unspecified atom stereocenters. The van der Waals surface area contributed by atoms with E-state index in [9.17, 15) is 8.78 Å². The quantitative estimate of drug-likeness (QED) is 0.615. The van der Waals surface area contributed by atoms with E-state index in [0.717, 1.165) is 0 Å². The molecule has 1 nitrogen and oxygen atoms in total. The highest BCUT2D eigenvalue weighted by Gasteiger charge is 1.97. The van der Waals surface area contributed by atoms with Crippen molar-refractivity contribution in [2.75, 3.05) is 0 Å². The summed E-state index contributed by atoms with van der Waals surface area (Å²) >= 11 is 0. The van der Waals surface area contributed by atoms with Crippen molar-refractivity contribution in [2.45, 2.75) is 0 Å². The van der Waals surface area contributed by atoms with Crippen LogP contribution in [0, 0.1) is 6.20 Å². The summed E-state index contributed by atoms with van der Waals surface area (Å²) in [6, 6.07) is 4.85. The Hall–Kier alpha value is -1.51. The van der Waals surface area contributed by atoms with Gasteiger partial charge >= 0.3 is 0 Å². The predicted octanol–water partition coefficient (Wildman–Crippen LogP) is 2.68. The normalized spacial score (nSPS) is 9.17. The maximum atomic E-state index is 11.7. The van der Waals surface area contributed by atoms with Crippen LogP contribution in [-0.2, 0) is 0 Å². The second-order valence-corrected chi connectivity index (χ2v) is 2.11. The molecular formula is C9H6F2N. The summed E-state index contributed by atoms with van der Waals surface area (Å²) in [6.07, 6.45) is 1.43. The first kappa shape index (κ1) is 8.59.